The van der Waals surface area contributed by atoms with Crippen molar-refractivity contribution in [2.45, 2.75) is 44.8 Å². The number of nitrogens with zero attached hydrogens (tertiary/aromatic N) is 4. The first kappa shape index (κ1) is 14.0. The number of aryl methyl sites for hydroxylation is 1. The van der Waals surface area contributed by atoms with Crippen molar-refractivity contribution in [3.8, 4) is 5.69 Å². The highest BCUT2D eigenvalue weighted by Crippen LogP contribution is 2.24. The van der Waals surface area contributed by atoms with Crippen molar-refractivity contribution in [3.63, 3.8) is 0 Å². The molecule has 0 bridgehead atoms. The van der Waals surface area contributed by atoms with Crippen molar-refractivity contribution in [1.29, 1.82) is 0 Å². The summed E-state index contributed by atoms with van der Waals surface area (Å²) in [6.07, 6.45) is 4.97. The van der Waals surface area contributed by atoms with Crippen LogP contribution in [-0.2, 0) is 4.74 Å². The fraction of sp³-hybridized carbons (Fsp3) is 0.533. The van der Waals surface area contributed by atoms with Gasteiger partial charge in [0.25, 0.3) is 0 Å². The average molecular weight is 287 g/mol. The highest BCUT2D eigenvalue weighted by atomic mass is 16.5. The van der Waals surface area contributed by atoms with Gasteiger partial charge in [0.2, 0.25) is 0 Å². The fourth-order valence-electron chi connectivity index (χ4n) is 2.88. The Kier molecular flexibility index (Phi) is 4.15. The van der Waals surface area contributed by atoms with E-state index in [-0.39, 0.29) is 0 Å². The Bertz CT molecular complexity index is 589. The van der Waals surface area contributed by atoms with Gasteiger partial charge in [-0.2, -0.15) is 4.68 Å². The fourth-order valence-corrected chi connectivity index (χ4v) is 2.88. The number of benzene rings is 1. The molecule has 0 aliphatic heterocycles. The summed E-state index contributed by atoms with van der Waals surface area (Å²) in [6, 6.07) is 8.73. The average Bonchev–Trinajstić information content (AvgIpc) is 2.94. The summed E-state index contributed by atoms with van der Waals surface area (Å²) in [6.45, 7) is 1.89. The summed E-state index contributed by atoms with van der Waals surface area (Å²) >= 11 is 0. The highest BCUT2D eigenvalue weighted by Gasteiger charge is 2.20. The number of anilines is 1. The van der Waals surface area contributed by atoms with Gasteiger partial charge in [-0.3, -0.25) is 0 Å². The molecule has 1 fully saturated rings. The lowest BCUT2D eigenvalue weighted by molar-refractivity contribution is 0.0682. The van der Waals surface area contributed by atoms with Gasteiger partial charge >= 0.3 is 0 Å². The number of aromatic nitrogens is 4. The second-order valence-corrected chi connectivity index (χ2v) is 5.54. The molecule has 6 heteroatoms. The number of rotatable bonds is 4. The van der Waals surface area contributed by atoms with Gasteiger partial charge in [-0.05, 0) is 61.2 Å². The lowest BCUT2D eigenvalue weighted by atomic mass is 9.93. The van der Waals surface area contributed by atoms with Gasteiger partial charge in [0.05, 0.1) is 11.8 Å². The number of methoxy groups -OCH3 is 1. The van der Waals surface area contributed by atoms with E-state index in [4.69, 9.17) is 4.74 Å². The van der Waals surface area contributed by atoms with E-state index in [9.17, 15) is 0 Å². The zero-order valence-electron chi connectivity index (χ0n) is 12.5. The molecule has 1 saturated carbocycles. The Balaban J connectivity index is 1.68. The van der Waals surface area contributed by atoms with E-state index in [1.54, 1.807) is 11.8 Å². The molecule has 3 rings (SSSR count). The summed E-state index contributed by atoms with van der Waals surface area (Å²) in [4.78, 5) is 0. The van der Waals surface area contributed by atoms with Crippen molar-refractivity contribution in [2.75, 3.05) is 12.4 Å². The normalized spacial score (nSPS) is 22.2. The standard InChI is InChI=1S/C15H21N5O/c1-11-17-18-19-20(11)14-5-3-4-13(10-14)16-12-6-8-15(21-2)9-7-12/h3-5,10,12,15-16H,6-9H2,1-2H3. The molecule has 1 aliphatic rings. The monoisotopic (exact) mass is 287 g/mol. The topological polar surface area (TPSA) is 64.9 Å². The zero-order valence-corrected chi connectivity index (χ0v) is 12.5. The van der Waals surface area contributed by atoms with Crippen LogP contribution in [0.3, 0.4) is 0 Å². The van der Waals surface area contributed by atoms with Crippen LogP contribution >= 0.6 is 0 Å². The third-order valence-corrected chi connectivity index (χ3v) is 4.09. The van der Waals surface area contributed by atoms with E-state index in [2.05, 4.69) is 33.0 Å². The second-order valence-electron chi connectivity index (χ2n) is 5.54. The first-order chi connectivity index (χ1) is 10.3. The van der Waals surface area contributed by atoms with Crippen LogP contribution in [0.25, 0.3) is 5.69 Å². The van der Waals surface area contributed by atoms with Gasteiger partial charge in [0, 0.05) is 18.8 Å². The number of tetrazole rings is 1. The summed E-state index contributed by atoms with van der Waals surface area (Å²) in [5.74, 6) is 0.785. The van der Waals surface area contributed by atoms with Crippen molar-refractivity contribution in [3.05, 3.63) is 30.1 Å². The quantitative estimate of drug-likeness (QED) is 0.935. The van der Waals surface area contributed by atoms with Crippen LogP contribution in [0.1, 0.15) is 31.5 Å². The molecule has 0 amide bonds. The zero-order chi connectivity index (χ0) is 14.7. The molecular weight excluding hydrogens is 266 g/mol. The van der Waals surface area contributed by atoms with Gasteiger partial charge in [-0.25, -0.2) is 0 Å². The van der Waals surface area contributed by atoms with E-state index in [0.29, 0.717) is 12.1 Å². The van der Waals surface area contributed by atoms with E-state index in [1.165, 1.54) is 0 Å². The van der Waals surface area contributed by atoms with Crippen molar-refractivity contribution >= 4 is 5.69 Å². The molecule has 1 aliphatic carbocycles. The molecule has 1 aromatic heterocycles. The van der Waals surface area contributed by atoms with E-state index in [0.717, 1.165) is 42.9 Å². The van der Waals surface area contributed by atoms with Crippen molar-refractivity contribution in [1.82, 2.24) is 20.2 Å². The molecular formula is C15H21N5O. The first-order valence-corrected chi connectivity index (χ1v) is 7.41. The predicted molar refractivity (Wildman–Crippen MR) is 80.6 cm³/mol. The van der Waals surface area contributed by atoms with Gasteiger partial charge in [0.15, 0.2) is 5.82 Å². The van der Waals surface area contributed by atoms with Crippen LogP contribution in [0, 0.1) is 6.92 Å². The van der Waals surface area contributed by atoms with Crippen molar-refractivity contribution in [2.24, 2.45) is 0 Å². The Hall–Kier alpha value is -1.95. The smallest absolute Gasteiger partial charge is 0.153 e. The van der Waals surface area contributed by atoms with E-state index in [1.807, 2.05) is 19.1 Å². The maximum atomic E-state index is 5.42. The van der Waals surface area contributed by atoms with Gasteiger partial charge in [0.1, 0.15) is 0 Å². The molecule has 1 aromatic carbocycles. The molecule has 0 saturated heterocycles. The van der Waals surface area contributed by atoms with Crippen molar-refractivity contribution < 1.29 is 4.74 Å². The number of nitrogens with one attached hydrogen (secondary N) is 1. The van der Waals surface area contributed by atoms with Crippen LogP contribution in [-0.4, -0.2) is 39.5 Å². The molecule has 0 radical (unpaired) electrons. The van der Waals surface area contributed by atoms with E-state index >= 15 is 0 Å². The van der Waals surface area contributed by atoms with Gasteiger partial charge in [-0.1, -0.05) is 6.07 Å². The number of hydrogen-bond acceptors (Lipinski definition) is 5. The summed E-state index contributed by atoms with van der Waals surface area (Å²) in [7, 11) is 1.80. The minimum Gasteiger partial charge on any atom is -0.382 e. The Morgan fingerprint density at radius 2 is 2.05 bits per heavy atom. The predicted octanol–water partition coefficient (Wildman–Crippen LogP) is 2.34. The third kappa shape index (κ3) is 3.21. The first-order valence-electron chi connectivity index (χ1n) is 7.41. The Morgan fingerprint density at radius 3 is 2.71 bits per heavy atom. The Labute approximate surface area is 124 Å². The minimum absolute atomic E-state index is 0.429. The molecule has 0 atom stereocenters. The summed E-state index contributed by atoms with van der Waals surface area (Å²) in [5.41, 5.74) is 2.09. The molecule has 1 N–H and O–H groups in total. The maximum Gasteiger partial charge on any atom is 0.153 e. The SMILES string of the molecule is COC1CCC(Nc2cccc(-n3nnnc3C)c2)CC1. The van der Waals surface area contributed by atoms with Crippen LogP contribution in [0.15, 0.2) is 24.3 Å². The number of ether oxygens (including phenoxy) is 1. The molecule has 112 valence electrons. The molecule has 0 spiro atoms. The van der Waals surface area contributed by atoms with E-state index < -0.39 is 0 Å². The van der Waals surface area contributed by atoms with Gasteiger partial charge in [-0.15, -0.1) is 5.10 Å². The van der Waals surface area contributed by atoms with Crippen LogP contribution in [0.2, 0.25) is 0 Å². The molecule has 2 aromatic rings. The summed E-state index contributed by atoms with van der Waals surface area (Å²) in [5, 5.41) is 15.2. The largest absolute Gasteiger partial charge is 0.382 e. The van der Waals surface area contributed by atoms with Crippen LogP contribution in [0.5, 0.6) is 0 Å². The highest BCUT2D eigenvalue weighted by molar-refractivity contribution is 5.51. The summed E-state index contributed by atoms with van der Waals surface area (Å²) < 4.78 is 7.16. The molecule has 21 heavy (non-hydrogen) atoms. The van der Waals surface area contributed by atoms with Crippen LogP contribution < -0.4 is 5.32 Å². The molecule has 6 nitrogen and oxygen atoms in total. The molecule has 0 unspecified atom stereocenters. The second kappa shape index (κ2) is 6.22. The van der Waals surface area contributed by atoms with Gasteiger partial charge < -0.3 is 10.1 Å². The lowest BCUT2D eigenvalue weighted by Gasteiger charge is -2.29. The lowest BCUT2D eigenvalue weighted by Crippen LogP contribution is -2.29. The molecule has 1 heterocycles. The van der Waals surface area contributed by atoms with Crippen LogP contribution in [0.4, 0.5) is 5.69 Å². The third-order valence-electron chi connectivity index (χ3n) is 4.09. The maximum absolute atomic E-state index is 5.42. The minimum atomic E-state index is 0.429. The number of hydrogen-bond donors (Lipinski definition) is 1. The Morgan fingerprint density at radius 1 is 1.24 bits per heavy atom.